The van der Waals surface area contributed by atoms with Crippen molar-refractivity contribution < 1.29 is 9.16 Å². The molecule has 0 atom stereocenters. The Kier molecular flexibility index (Phi) is 5.14. The normalized spacial score (nSPS) is 12.4. The van der Waals surface area contributed by atoms with Gasteiger partial charge >= 0.3 is 0 Å². The monoisotopic (exact) mass is 479 g/mol. The molecule has 1 aromatic heterocycles. The van der Waals surface area contributed by atoms with Crippen LogP contribution in [0, 0.1) is 3.57 Å². The zero-order chi connectivity index (χ0) is 19.1. The predicted octanol–water partition coefficient (Wildman–Crippen LogP) is 6.83. The average Bonchev–Trinajstić information content (AvgIpc) is 3.05. The molecule has 0 saturated carbocycles. The van der Waals surface area contributed by atoms with Crippen LogP contribution in [0.5, 0.6) is 11.5 Å². The van der Waals surface area contributed by atoms with Gasteiger partial charge in [0.2, 0.25) is 0 Å². The van der Waals surface area contributed by atoms with E-state index in [2.05, 4.69) is 91.9 Å². The number of rotatable bonds is 4. The molecule has 2 aromatic carbocycles. The summed E-state index contributed by atoms with van der Waals surface area (Å²) < 4.78 is 13.4. The first-order valence-electron chi connectivity index (χ1n) is 8.76. The molecule has 5 heteroatoms. The van der Waals surface area contributed by atoms with Crippen LogP contribution < -0.4 is 9.16 Å². The zero-order valence-corrected chi connectivity index (χ0v) is 19.4. The van der Waals surface area contributed by atoms with E-state index in [-0.39, 0.29) is 5.04 Å². The number of hydrogen-bond acceptors (Lipinski definition) is 2. The second-order valence-electron chi connectivity index (χ2n) is 8.11. The van der Waals surface area contributed by atoms with Gasteiger partial charge in [-0.25, -0.2) is 0 Å². The third kappa shape index (κ3) is 3.51. The topological polar surface area (TPSA) is 34.2 Å². The highest BCUT2D eigenvalue weighted by atomic mass is 127. The molecule has 0 radical (unpaired) electrons. The van der Waals surface area contributed by atoms with Crippen molar-refractivity contribution in [3.05, 3.63) is 46.3 Å². The fourth-order valence-electron chi connectivity index (χ4n) is 2.72. The SMILES string of the molecule is COc1cc(-c2ccc(I)c3c[nH]cc23)ccc1O[Si](C)(C)C(C)(C)C. The van der Waals surface area contributed by atoms with E-state index in [0.29, 0.717) is 0 Å². The number of nitrogens with one attached hydrogen (secondary N) is 1. The van der Waals surface area contributed by atoms with Crippen LogP contribution in [0.25, 0.3) is 21.9 Å². The molecule has 1 heterocycles. The maximum absolute atomic E-state index is 6.48. The van der Waals surface area contributed by atoms with Crippen molar-refractivity contribution in [2.45, 2.75) is 38.9 Å². The van der Waals surface area contributed by atoms with Gasteiger partial charge in [-0.3, -0.25) is 0 Å². The van der Waals surface area contributed by atoms with Crippen LogP contribution in [-0.2, 0) is 0 Å². The Hall–Kier alpha value is -1.47. The van der Waals surface area contributed by atoms with E-state index >= 15 is 0 Å². The fraction of sp³-hybridized carbons (Fsp3) is 0.333. The van der Waals surface area contributed by atoms with Gasteiger partial charge in [-0.2, -0.15) is 0 Å². The Morgan fingerprint density at radius 3 is 2.31 bits per heavy atom. The van der Waals surface area contributed by atoms with Crippen molar-refractivity contribution >= 4 is 41.7 Å². The molecular formula is C21H26INO2Si. The summed E-state index contributed by atoms with van der Waals surface area (Å²) in [7, 11) is -0.211. The second-order valence-corrected chi connectivity index (χ2v) is 14.0. The highest BCUT2D eigenvalue weighted by molar-refractivity contribution is 14.1. The van der Waals surface area contributed by atoms with E-state index < -0.39 is 8.32 Å². The summed E-state index contributed by atoms with van der Waals surface area (Å²) >= 11 is 2.37. The molecule has 26 heavy (non-hydrogen) atoms. The minimum absolute atomic E-state index is 0.143. The van der Waals surface area contributed by atoms with Gasteiger partial charge < -0.3 is 14.1 Å². The number of aromatic amines is 1. The van der Waals surface area contributed by atoms with Crippen molar-refractivity contribution in [1.82, 2.24) is 4.98 Å². The minimum atomic E-state index is -1.92. The van der Waals surface area contributed by atoms with E-state index in [1.807, 2.05) is 12.3 Å². The van der Waals surface area contributed by atoms with Crippen LogP contribution in [0.4, 0.5) is 0 Å². The van der Waals surface area contributed by atoms with Gasteiger partial charge in [-0.05, 0) is 70.0 Å². The molecule has 0 fully saturated rings. The molecule has 0 bridgehead atoms. The number of ether oxygens (including phenoxy) is 1. The van der Waals surface area contributed by atoms with Gasteiger partial charge in [-0.15, -0.1) is 0 Å². The summed E-state index contributed by atoms with van der Waals surface area (Å²) in [6.07, 6.45) is 4.10. The van der Waals surface area contributed by atoms with Gasteiger partial charge in [0.15, 0.2) is 5.75 Å². The van der Waals surface area contributed by atoms with Crippen molar-refractivity contribution in [3.8, 4) is 22.6 Å². The van der Waals surface area contributed by atoms with E-state index in [9.17, 15) is 0 Å². The smallest absolute Gasteiger partial charge is 0.250 e. The molecule has 3 aromatic rings. The van der Waals surface area contributed by atoms with Gasteiger partial charge in [0.05, 0.1) is 7.11 Å². The molecule has 0 saturated heterocycles. The maximum atomic E-state index is 6.48. The molecule has 0 unspecified atom stereocenters. The maximum Gasteiger partial charge on any atom is 0.250 e. The summed E-state index contributed by atoms with van der Waals surface area (Å²) in [6.45, 7) is 11.2. The Morgan fingerprint density at radius 2 is 1.65 bits per heavy atom. The molecule has 0 spiro atoms. The number of aromatic nitrogens is 1. The van der Waals surface area contributed by atoms with Crippen LogP contribution >= 0.6 is 22.6 Å². The highest BCUT2D eigenvalue weighted by Gasteiger charge is 2.39. The molecule has 3 nitrogen and oxygen atoms in total. The Labute approximate surface area is 170 Å². The van der Waals surface area contributed by atoms with Crippen molar-refractivity contribution in [2.75, 3.05) is 7.11 Å². The summed E-state index contributed by atoms with van der Waals surface area (Å²) in [5.74, 6) is 1.62. The fourth-order valence-corrected chi connectivity index (χ4v) is 4.37. The molecule has 0 amide bonds. The lowest BCUT2D eigenvalue weighted by atomic mass is 10.0. The molecular weight excluding hydrogens is 453 g/mol. The van der Waals surface area contributed by atoms with E-state index in [0.717, 1.165) is 17.1 Å². The van der Waals surface area contributed by atoms with Crippen molar-refractivity contribution in [3.63, 3.8) is 0 Å². The van der Waals surface area contributed by atoms with Crippen LogP contribution in [0.1, 0.15) is 20.8 Å². The largest absolute Gasteiger partial charge is 0.541 e. The van der Waals surface area contributed by atoms with Gasteiger partial charge in [0.1, 0.15) is 5.75 Å². The molecule has 1 N–H and O–H groups in total. The van der Waals surface area contributed by atoms with E-state index in [1.165, 1.54) is 19.9 Å². The van der Waals surface area contributed by atoms with Crippen molar-refractivity contribution in [2.24, 2.45) is 0 Å². The van der Waals surface area contributed by atoms with Crippen LogP contribution in [-0.4, -0.2) is 20.4 Å². The zero-order valence-electron chi connectivity index (χ0n) is 16.2. The molecule has 0 aliphatic heterocycles. The minimum Gasteiger partial charge on any atom is -0.541 e. The number of benzene rings is 2. The first-order valence-corrected chi connectivity index (χ1v) is 12.8. The number of fused-ring (bicyclic) bond motifs is 1. The van der Waals surface area contributed by atoms with E-state index in [1.54, 1.807) is 7.11 Å². The lowest BCUT2D eigenvalue weighted by molar-refractivity contribution is 0.386. The Morgan fingerprint density at radius 1 is 0.962 bits per heavy atom. The molecule has 3 rings (SSSR count). The molecule has 0 aliphatic carbocycles. The van der Waals surface area contributed by atoms with Gasteiger partial charge in [-0.1, -0.05) is 32.9 Å². The molecule has 138 valence electrons. The molecule has 0 aliphatic rings. The summed E-state index contributed by atoms with van der Waals surface area (Å²) in [5.41, 5.74) is 2.32. The first-order chi connectivity index (χ1) is 12.1. The van der Waals surface area contributed by atoms with Gasteiger partial charge in [0.25, 0.3) is 8.32 Å². The first kappa shape index (κ1) is 19.3. The third-order valence-electron chi connectivity index (χ3n) is 5.34. The van der Waals surface area contributed by atoms with Crippen LogP contribution in [0.3, 0.4) is 0 Å². The summed E-state index contributed by atoms with van der Waals surface area (Å²) in [6, 6.07) is 10.6. The number of H-pyrrole nitrogens is 1. The lowest BCUT2D eigenvalue weighted by Gasteiger charge is -2.36. The second kappa shape index (κ2) is 6.92. The highest BCUT2D eigenvalue weighted by Crippen LogP contribution is 2.42. The average molecular weight is 479 g/mol. The standard InChI is InChI=1S/C21H26INO2Si/c1-21(2,3)26(5,6)25-19-10-7-14(11-20(19)24-4)15-8-9-18(22)17-13-23-12-16(15)17/h7-13,23H,1-6H3. The van der Waals surface area contributed by atoms with Gasteiger partial charge in [0, 0.05) is 26.7 Å². The number of hydrogen-bond donors (Lipinski definition) is 1. The van der Waals surface area contributed by atoms with Crippen LogP contribution in [0.2, 0.25) is 18.1 Å². The lowest BCUT2D eigenvalue weighted by Crippen LogP contribution is -2.43. The van der Waals surface area contributed by atoms with Crippen LogP contribution in [0.15, 0.2) is 42.7 Å². The summed E-state index contributed by atoms with van der Waals surface area (Å²) in [5, 5.41) is 2.60. The Balaban J connectivity index is 2.04. The predicted molar refractivity (Wildman–Crippen MR) is 121 cm³/mol. The number of methoxy groups -OCH3 is 1. The van der Waals surface area contributed by atoms with Crippen molar-refractivity contribution in [1.29, 1.82) is 0 Å². The quantitative estimate of drug-likeness (QED) is 0.329. The summed E-state index contributed by atoms with van der Waals surface area (Å²) in [4.78, 5) is 3.22. The number of halogens is 1. The third-order valence-corrected chi connectivity index (χ3v) is 10.6. The van der Waals surface area contributed by atoms with E-state index in [4.69, 9.17) is 9.16 Å². The Bertz CT molecular complexity index is 941.